The average Bonchev–Trinajstić information content (AvgIpc) is 3.51. The molecule has 4 aromatic rings. The molecule has 1 atom stereocenters. The molecule has 1 aliphatic heterocycles. The van der Waals surface area contributed by atoms with Crippen LogP contribution < -0.4 is 10.2 Å². The first-order valence-corrected chi connectivity index (χ1v) is 10.1. The number of pyridine rings is 1. The van der Waals surface area contributed by atoms with Crippen LogP contribution in [0.2, 0.25) is 0 Å². The van der Waals surface area contributed by atoms with Gasteiger partial charge in [-0.1, -0.05) is 18.2 Å². The van der Waals surface area contributed by atoms with Crippen molar-refractivity contribution in [2.24, 2.45) is 0 Å². The minimum Gasteiger partial charge on any atom is -0.353 e. The number of fused-ring (bicyclic) bond motifs is 1. The second-order valence-electron chi connectivity index (χ2n) is 6.98. The molecular weight excluding hydrogens is 426 g/mol. The molecular formula is C24H22F2N6O. The minimum absolute atomic E-state index is 0.00429. The quantitative estimate of drug-likeness (QED) is 0.487. The Morgan fingerprint density at radius 3 is 2.45 bits per heavy atom. The van der Waals surface area contributed by atoms with Gasteiger partial charge in [-0.05, 0) is 42.8 Å². The largest absolute Gasteiger partial charge is 0.353 e. The number of carbonyl (C=O) groups excluding carboxylic acids is 1. The minimum atomic E-state index is -0.459. The molecule has 1 N–H and O–H groups in total. The van der Waals surface area contributed by atoms with E-state index in [9.17, 15) is 13.6 Å². The number of nitrogens with zero attached hydrogens (tertiary/aromatic N) is 5. The summed E-state index contributed by atoms with van der Waals surface area (Å²) in [6, 6.07) is 14.4. The number of terminal acetylenes is 1. The van der Waals surface area contributed by atoms with Crippen molar-refractivity contribution in [2.45, 2.75) is 12.5 Å². The fourth-order valence-corrected chi connectivity index (χ4v) is 3.24. The lowest BCUT2D eigenvalue weighted by Gasteiger charge is -2.17. The lowest BCUT2D eigenvalue weighted by Crippen LogP contribution is -2.37. The molecule has 33 heavy (non-hydrogen) atoms. The summed E-state index contributed by atoms with van der Waals surface area (Å²) < 4.78 is 26.5. The average molecular weight is 448 g/mol. The monoisotopic (exact) mass is 448 g/mol. The van der Waals surface area contributed by atoms with E-state index in [1.807, 2.05) is 12.1 Å². The Balaban J connectivity index is 0.000000289. The highest BCUT2D eigenvalue weighted by atomic mass is 19.1. The number of hydrogen-bond acceptors (Lipinski definition) is 5. The number of anilines is 1. The summed E-state index contributed by atoms with van der Waals surface area (Å²) in [6.07, 6.45) is 13.4. The van der Waals surface area contributed by atoms with E-state index in [-0.39, 0.29) is 23.5 Å². The van der Waals surface area contributed by atoms with Gasteiger partial charge in [-0.25, -0.2) is 23.3 Å². The van der Waals surface area contributed by atoms with Crippen molar-refractivity contribution >= 4 is 17.4 Å². The van der Waals surface area contributed by atoms with Gasteiger partial charge in [0.25, 0.3) is 5.91 Å². The number of amides is 1. The number of rotatable bonds is 3. The van der Waals surface area contributed by atoms with Gasteiger partial charge in [0.1, 0.15) is 23.1 Å². The first-order valence-electron chi connectivity index (χ1n) is 10.1. The van der Waals surface area contributed by atoms with Gasteiger partial charge in [0.2, 0.25) is 0 Å². The van der Waals surface area contributed by atoms with E-state index in [2.05, 4.69) is 38.1 Å². The number of carbonyl (C=O) groups is 1. The standard InChI is InChI=1S/C16H15FN6O.C6H5F.C2H2/c17-11-1-2-13(19-9-11)16(24)20-12-5-7-22(10-12)15-4-3-14-18-6-8-23(14)21-15;7-6-4-2-1-3-5-6;1-2/h1-4,6,8-9,12H,5,7,10H2,(H,20,24);1-5H;1-2H/t12-;;/m0../s1. The smallest absolute Gasteiger partial charge is 0.270 e. The second kappa shape index (κ2) is 11.3. The van der Waals surface area contributed by atoms with Crippen LogP contribution in [-0.4, -0.2) is 44.6 Å². The van der Waals surface area contributed by atoms with Crippen molar-refractivity contribution in [3.05, 3.63) is 90.5 Å². The molecule has 1 aliphatic rings. The van der Waals surface area contributed by atoms with Crippen LogP contribution in [0.5, 0.6) is 0 Å². The number of hydrogen-bond donors (Lipinski definition) is 1. The van der Waals surface area contributed by atoms with E-state index < -0.39 is 5.82 Å². The van der Waals surface area contributed by atoms with Crippen molar-refractivity contribution in [1.29, 1.82) is 0 Å². The van der Waals surface area contributed by atoms with Crippen molar-refractivity contribution in [2.75, 3.05) is 18.0 Å². The number of halogens is 2. The summed E-state index contributed by atoms with van der Waals surface area (Å²) in [5.74, 6) is -0.0842. The summed E-state index contributed by atoms with van der Waals surface area (Å²) in [6.45, 7) is 1.47. The Morgan fingerprint density at radius 2 is 1.79 bits per heavy atom. The number of nitrogens with one attached hydrogen (secondary N) is 1. The van der Waals surface area contributed by atoms with Crippen molar-refractivity contribution < 1.29 is 13.6 Å². The molecule has 0 aliphatic carbocycles. The highest BCUT2D eigenvalue weighted by Crippen LogP contribution is 2.18. The highest BCUT2D eigenvalue weighted by molar-refractivity contribution is 5.92. The molecule has 7 nitrogen and oxygen atoms in total. The Bertz CT molecular complexity index is 1190. The molecule has 4 heterocycles. The van der Waals surface area contributed by atoms with Crippen LogP contribution in [-0.2, 0) is 0 Å². The molecule has 0 bridgehead atoms. The Morgan fingerprint density at radius 1 is 1.00 bits per heavy atom. The molecule has 1 saturated heterocycles. The van der Waals surface area contributed by atoms with E-state index in [4.69, 9.17) is 0 Å². The Hall–Kier alpha value is -4.32. The fraction of sp³-hybridized carbons (Fsp3) is 0.167. The van der Waals surface area contributed by atoms with Gasteiger partial charge in [0.05, 0.1) is 6.20 Å². The van der Waals surface area contributed by atoms with Crippen LogP contribution >= 0.6 is 0 Å². The van der Waals surface area contributed by atoms with Gasteiger partial charge >= 0.3 is 0 Å². The van der Waals surface area contributed by atoms with E-state index in [0.29, 0.717) is 6.54 Å². The van der Waals surface area contributed by atoms with Crippen LogP contribution in [0.1, 0.15) is 16.9 Å². The lowest BCUT2D eigenvalue weighted by atomic mass is 10.2. The number of imidazole rings is 1. The third-order valence-corrected chi connectivity index (χ3v) is 4.78. The summed E-state index contributed by atoms with van der Waals surface area (Å²) >= 11 is 0. The van der Waals surface area contributed by atoms with Gasteiger partial charge in [-0.2, -0.15) is 0 Å². The topological polar surface area (TPSA) is 75.4 Å². The molecule has 1 fully saturated rings. The molecule has 0 spiro atoms. The molecule has 0 unspecified atom stereocenters. The van der Waals surface area contributed by atoms with Crippen molar-refractivity contribution in [3.8, 4) is 12.8 Å². The van der Waals surface area contributed by atoms with Gasteiger partial charge in [-0.3, -0.25) is 4.79 Å². The maximum absolute atomic E-state index is 12.9. The molecule has 9 heteroatoms. The summed E-state index contributed by atoms with van der Waals surface area (Å²) in [4.78, 5) is 22.2. The zero-order valence-electron chi connectivity index (χ0n) is 17.7. The second-order valence-corrected chi connectivity index (χ2v) is 6.98. The van der Waals surface area contributed by atoms with Gasteiger partial charge in [-0.15, -0.1) is 17.9 Å². The highest BCUT2D eigenvalue weighted by Gasteiger charge is 2.25. The van der Waals surface area contributed by atoms with E-state index >= 15 is 0 Å². The lowest BCUT2D eigenvalue weighted by molar-refractivity contribution is 0.0935. The predicted molar refractivity (Wildman–Crippen MR) is 122 cm³/mol. The molecule has 5 rings (SSSR count). The third kappa shape index (κ3) is 6.33. The van der Waals surface area contributed by atoms with Gasteiger partial charge in [0, 0.05) is 31.5 Å². The number of aromatic nitrogens is 4. The number of benzene rings is 1. The SMILES string of the molecule is C#C.Fc1ccccc1.O=C(N[C@H]1CCN(c2ccc3nccn3n2)C1)c1ccc(F)cn1. The molecule has 0 saturated carbocycles. The first-order chi connectivity index (χ1) is 16.1. The molecule has 0 radical (unpaired) electrons. The van der Waals surface area contributed by atoms with E-state index in [0.717, 1.165) is 30.6 Å². The van der Waals surface area contributed by atoms with Crippen LogP contribution in [0.15, 0.2) is 73.2 Å². The third-order valence-electron chi connectivity index (χ3n) is 4.78. The Kier molecular flexibility index (Phi) is 8.02. The zero-order chi connectivity index (χ0) is 23.6. The van der Waals surface area contributed by atoms with Crippen LogP contribution in [0.4, 0.5) is 14.6 Å². The van der Waals surface area contributed by atoms with Gasteiger partial charge in [0.15, 0.2) is 5.65 Å². The molecule has 168 valence electrons. The maximum atomic E-state index is 12.9. The fourth-order valence-electron chi connectivity index (χ4n) is 3.24. The van der Waals surface area contributed by atoms with Gasteiger partial charge < -0.3 is 10.2 Å². The normalized spacial score (nSPS) is 14.5. The summed E-state index contributed by atoms with van der Waals surface area (Å²) in [7, 11) is 0. The molecule has 1 amide bonds. The molecule has 3 aromatic heterocycles. The van der Waals surface area contributed by atoms with Crippen LogP contribution in [0.3, 0.4) is 0 Å². The molecule has 1 aromatic carbocycles. The first kappa shape index (κ1) is 23.3. The summed E-state index contributed by atoms with van der Waals surface area (Å²) in [5, 5.41) is 7.45. The van der Waals surface area contributed by atoms with E-state index in [1.54, 1.807) is 35.1 Å². The van der Waals surface area contributed by atoms with Crippen LogP contribution in [0.25, 0.3) is 5.65 Å². The van der Waals surface area contributed by atoms with Crippen molar-refractivity contribution in [3.63, 3.8) is 0 Å². The van der Waals surface area contributed by atoms with Crippen LogP contribution in [0, 0.1) is 24.5 Å². The predicted octanol–water partition coefficient (Wildman–Crippen LogP) is 3.35. The van der Waals surface area contributed by atoms with E-state index in [1.165, 1.54) is 24.3 Å². The zero-order valence-corrected chi connectivity index (χ0v) is 17.7. The Labute approximate surface area is 190 Å². The maximum Gasteiger partial charge on any atom is 0.270 e. The summed E-state index contributed by atoms with van der Waals surface area (Å²) in [5.41, 5.74) is 1.01. The van der Waals surface area contributed by atoms with Crippen molar-refractivity contribution in [1.82, 2.24) is 24.9 Å².